The average Bonchev–Trinajstić information content (AvgIpc) is 3.27. The number of hydroxylamine groups is 1. The van der Waals surface area contributed by atoms with Crippen molar-refractivity contribution in [2.45, 2.75) is 18.6 Å². The van der Waals surface area contributed by atoms with E-state index in [9.17, 15) is 8.78 Å². The number of nitrogens with zero attached hydrogens (tertiary/aromatic N) is 1. The SMILES string of the molecule is FC(F)Oc1ccc(C2=CC3(CCOC3)ON2)cc1Oc1ccncc1. The molecule has 2 aliphatic heterocycles. The smallest absolute Gasteiger partial charge is 0.387 e. The molecule has 2 aromatic rings. The molecule has 1 aromatic heterocycles. The Kier molecular flexibility index (Phi) is 4.44. The van der Waals surface area contributed by atoms with Crippen LogP contribution in [0.5, 0.6) is 17.2 Å². The van der Waals surface area contributed by atoms with E-state index in [0.717, 1.165) is 17.7 Å². The molecule has 0 radical (unpaired) electrons. The third-order valence-corrected chi connectivity index (χ3v) is 4.14. The number of hydrogen-bond acceptors (Lipinski definition) is 6. The summed E-state index contributed by atoms with van der Waals surface area (Å²) in [6.07, 6.45) is 5.78. The Labute approximate surface area is 148 Å². The van der Waals surface area contributed by atoms with Crippen molar-refractivity contribution < 1.29 is 27.8 Å². The van der Waals surface area contributed by atoms with Gasteiger partial charge in [0, 0.05) is 31.0 Å². The molecule has 4 rings (SSSR count). The molecular formula is C18H16F2N2O4. The van der Waals surface area contributed by atoms with Gasteiger partial charge < -0.3 is 14.2 Å². The van der Waals surface area contributed by atoms with Crippen molar-refractivity contribution in [3.8, 4) is 17.2 Å². The molecule has 0 amide bonds. The van der Waals surface area contributed by atoms with Gasteiger partial charge in [-0.05, 0) is 36.4 Å². The normalized spacial score (nSPS) is 21.7. The monoisotopic (exact) mass is 362 g/mol. The van der Waals surface area contributed by atoms with Crippen LogP contribution in [0, 0.1) is 0 Å². The van der Waals surface area contributed by atoms with Crippen molar-refractivity contribution in [2.75, 3.05) is 13.2 Å². The third-order valence-electron chi connectivity index (χ3n) is 4.14. The highest BCUT2D eigenvalue weighted by Crippen LogP contribution is 2.38. The summed E-state index contributed by atoms with van der Waals surface area (Å²) in [6, 6.07) is 7.97. The topological polar surface area (TPSA) is 61.8 Å². The highest BCUT2D eigenvalue weighted by Gasteiger charge is 2.39. The Morgan fingerprint density at radius 3 is 2.73 bits per heavy atom. The number of halogens is 2. The highest BCUT2D eigenvalue weighted by atomic mass is 19.3. The lowest BCUT2D eigenvalue weighted by molar-refractivity contribution is -0.0510. The first-order chi connectivity index (χ1) is 12.6. The Morgan fingerprint density at radius 2 is 2.00 bits per heavy atom. The van der Waals surface area contributed by atoms with Gasteiger partial charge in [0.25, 0.3) is 0 Å². The minimum absolute atomic E-state index is 0.0565. The zero-order valence-electron chi connectivity index (χ0n) is 13.7. The summed E-state index contributed by atoms with van der Waals surface area (Å²) in [5, 5.41) is 0. The Bertz CT molecular complexity index is 808. The van der Waals surface area contributed by atoms with Crippen molar-refractivity contribution >= 4 is 5.70 Å². The van der Waals surface area contributed by atoms with Crippen molar-refractivity contribution in [3.63, 3.8) is 0 Å². The van der Waals surface area contributed by atoms with Gasteiger partial charge in [0.15, 0.2) is 11.5 Å². The summed E-state index contributed by atoms with van der Waals surface area (Å²) in [5.74, 6) is 0.570. The van der Waals surface area contributed by atoms with Gasteiger partial charge in [0.1, 0.15) is 11.4 Å². The third kappa shape index (κ3) is 3.47. The maximum Gasteiger partial charge on any atom is 0.387 e. The molecule has 2 aliphatic rings. The first kappa shape index (κ1) is 16.7. The van der Waals surface area contributed by atoms with E-state index in [4.69, 9.17) is 14.3 Å². The largest absolute Gasteiger partial charge is 0.453 e. The zero-order chi connectivity index (χ0) is 18.0. The summed E-state index contributed by atoms with van der Waals surface area (Å²) < 4.78 is 41.1. The first-order valence-electron chi connectivity index (χ1n) is 8.05. The van der Waals surface area contributed by atoms with Crippen molar-refractivity contribution in [1.29, 1.82) is 0 Å². The fraction of sp³-hybridized carbons (Fsp3) is 0.278. The number of alkyl halides is 2. The average molecular weight is 362 g/mol. The van der Waals surface area contributed by atoms with E-state index in [-0.39, 0.29) is 11.5 Å². The summed E-state index contributed by atoms with van der Waals surface area (Å²) in [7, 11) is 0. The maximum absolute atomic E-state index is 12.7. The summed E-state index contributed by atoms with van der Waals surface area (Å²) >= 11 is 0. The predicted octanol–water partition coefficient (Wildman–Crippen LogP) is 3.51. The van der Waals surface area contributed by atoms with Gasteiger partial charge in [0.2, 0.25) is 0 Å². The van der Waals surface area contributed by atoms with Crippen molar-refractivity contribution in [2.24, 2.45) is 0 Å². The molecule has 1 saturated heterocycles. The lowest BCUT2D eigenvalue weighted by Gasteiger charge is -2.15. The Morgan fingerprint density at radius 1 is 1.15 bits per heavy atom. The number of pyridine rings is 1. The van der Waals surface area contributed by atoms with E-state index in [1.807, 2.05) is 6.08 Å². The summed E-state index contributed by atoms with van der Waals surface area (Å²) in [4.78, 5) is 9.55. The Balaban J connectivity index is 1.65. The molecule has 1 N–H and O–H groups in total. The van der Waals surface area contributed by atoms with Crippen LogP contribution in [-0.2, 0) is 9.57 Å². The number of aromatic nitrogens is 1. The molecule has 6 nitrogen and oxygen atoms in total. The predicted molar refractivity (Wildman–Crippen MR) is 87.7 cm³/mol. The lowest BCUT2D eigenvalue weighted by Crippen LogP contribution is -2.29. The molecule has 1 aromatic carbocycles. The Hall–Kier alpha value is -2.71. The van der Waals surface area contributed by atoms with Gasteiger partial charge in [-0.1, -0.05) is 0 Å². The molecule has 3 heterocycles. The van der Waals surface area contributed by atoms with Crippen LogP contribution in [0.4, 0.5) is 8.78 Å². The lowest BCUT2D eigenvalue weighted by atomic mass is 10.0. The first-order valence-corrected chi connectivity index (χ1v) is 8.05. The fourth-order valence-electron chi connectivity index (χ4n) is 2.86. The molecule has 1 atom stereocenters. The van der Waals surface area contributed by atoms with Crippen LogP contribution in [0.1, 0.15) is 12.0 Å². The van der Waals surface area contributed by atoms with Crippen LogP contribution in [0.25, 0.3) is 5.70 Å². The minimum atomic E-state index is -2.95. The minimum Gasteiger partial charge on any atom is -0.453 e. The van der Waals surface area contributed by atoms with Gasteiger partial charge >= 0.3 is 6.61 Å². The van der Waals surface area contributed by atoms with E-state index in [0.29, 0.717) is 19.0 Å². The molecule has 1 unspecified atom stereocenters. The van der Waals surface area contributed by atoms with E-state index in [1.165, 1.54) is 6.07 Å². The van der Waals surface area contributed by atoms with Gasteiger partial charge in [-0.15, -0.1) is 0 Å². The standard InChI is InChI=1S/C18H16F2N2O4/c19-17(20)25-15-2-1-12(9-16(15)24-13-3-6-21-7-4-13)14-10-18(26-22-14)5-8-23-11-18/h1-4,6-7,9-10,17,22H,5,8,11H2. The molecule has 0 saturated carbocycles. The molecule has 8 heteroatoms. The second-order valence-electron chi connectivity index (χ2n) is 5.95. The molecule has 0 bridgehead atoms. The van der Waals surface area contributed by atoms with Crippen LogP contribution in [-0.4, -0.2) is 30.4 Å². The molecule has 136 valence electrons. The fourth-order valence-corrected chi connectivity index (χ4v) is 2.86. The van der Waals surface area contributed by atoms with Crippen LogP contribution < -0.4 is 15.0 Å². The van der Waals surface area contributed by atoms with Crippen LogP contribution in [0.15, 0.2) is 48.8 Å². The number of benzene rings is 1. The maximum atomic E-state index is 12.7. The molecule has 1 fully saturated rings. The quantitative estimate of drug-likeness (QED) is 0.878. The van der Waals surface area contributed by atoms with Crippen LogP contribution >= 0.6 is 0 Å². The number of rotatable bonds is 5. The highest BCUT2D eigenvalue weighted by molar-refractivity contribution is 5.68. The van der Waals surface area contributed by atoms with Crippen molar-refractivity contribution in [1.82, 2.24) is 10.5 Å². The van der Waals surface area contributed by atoms with Crippen LogP contribution in [0.2, 0.25) is 0 Å². The number of ether oxygens (including phenoxy) is 3. The van der Waals surface area contributed by atoms with Gasteiger partial charge in [-0.25, -0.2) is 0 Å². The molecule has 0 aliphatic carbocycles. The molecule has 26 heavy (non-hydrogen) atoms. The van der Waals surface area contributed by atoms with E-state index < -0.39 is 12.2 Å². The number of hydrogen-bond donors (Lipinski definition) is 1. The summed E-state index contributed by atoms with van der Waals surface area (Å²) in [6.45, 7) is -1.86. The second-order valence-corrected chi connectivity index (χ2v) is 5.95. The summed E-state index contributed by atoms with van der Waals surface area (Å²) in [5.41, 5.74) is 3.84. The van der Waals surface area contributed by atoms with Crippen LogP contribution in [0.3, 0.4) is 0 Å². The van der Waals surface area contributed by atoms with Crippen molar-refractivity contribution in [3.05, 3.63) is 54.4 Å². The van der Waals surface area contributed by atoms with Gasteiger partial charge in [0.05, 0.1) is 12.3 Å². The van der Waals surface area contributed by atoms with E-state index >= 15 is 0 Å². The zero-order valence-corrected chi connectivity index (χ0v) is 13.7. The van der Waals surface area contributed by atoms with Gasteiger partial charge in [-0.3, -0.25) is 15.3 Å². The molecular weight excluding hydrogens is 346 g/mol. The van der Waals surface area contributed by atoms with E-state index in [1.54, 1.807) is 36.7 Å². The number of nitrogens with one attached hydrogen (secondary N) is 1. The van der Waals surface area contributed by atoms with E-state index in [2.05, 4.69) is 15.2 Å². The molecule has 1 spiro atoms. The second kappa shape index (κ2) is 6.89. The van der Waals surface area contributed by atoms with Gasteiger partial charge in [-0.2, -0.15) is 8.78 Å².